The van der Waals surface area contributed by atoms with E-state index in [1.165, 1.54) is 30.3 Å². The maximum atomic E-state index is 15.5. The summed E-state index contributed by atoms with van der Waals surface area (Å²) in [4.78, 5) is 10.0. The lowest BCUT2D eigenvalue weighted by Crippen LogP contribution is -2.03. The number of halogens is 3. The average Bonchev–Trinajstić information content (AvgIpc) is 3.70. The van der Waals surface area contributed by atoms with Gasteiger partial charge in [0.1, 0.15) is 51.8 Å². The van der Waals surface area contributed by atoms with Crippen LogP contribution in [0.1, 0.15) is 29.4 Å². The predicted octanol–water partition coefficient (Wildman–Crippen LogP) is 11.4. The van der Waals surface area contributed by atoms with Gasteiger partial charge in [0.2, 0.25) is 0 Å². The molecule has 4 heterocycles. The predicted molar refractivity (Wildman–Crippen MR) is 203 cm³/mol. The van der Waals surface area contributed by atoms with E-state index in [0.717, 1.165) is 45.7 Å². The van der Waals surface area contributed by atoms with E-state index in [2.05, 4.69) is 22.0 Å². The summed E-state index contributed by atoms with van der Waals surface area (Å²) >= 11 is 0. The van der Waals surface area contributed by atoms with E-state index < -0.39 is 11.6 Å². The molecule has 8 rings (SSSR count). The van der Waals surface area contributed by atoms with Crippen LogP contribution in [-0.2, 0) is 6.42 Å². The van der Waals surface area contributed by atoms with E-state index in [0.29, 0.717) is 51.2 Å². The van der Waals surface area contributed by atoms with Gasteiger partial charge in [-0.15, -0.1) is 0 Å². The van der Waals surface area contributed by atoms with Gasteiger partial charge in [-0.3, -0.25) is 8.80 Å². The summed E-state index contributed by atoms with van der Waals surface area (Å²) < 4.78 is 48.8. The van der Waals surface area contributed by atoms with Crippen molar-refractivity contribution in [3.63, 3.8) is 0 Å². The quantitative estimate of drug-likeness (QED) is 0.166. The highest BCUT2D eigenvalue weighted by atomic mass is 19.1. The van der Waals surface area contributed by atoms with Gasteiger partial charge in [-0.1, -0.05) is 48.4 Å². The van der Waals surface area contributed by atoms with Crippen LogP contribution in [-0.4, -0.2) is 18.8 Å². The molecule has 0 saturated heterocycles. The van der Waals surface area contributed by atoms with Crippen molar-refractivity contribution in [1.82, 2.24) is 18.8 Å². The number of hydrogen-bond donors (Lipinski definition) is 2. The van der Waals surface area contributed by atoms with Crippen molar-refractivity contribution in [3.05, 3.63) is 155 Å². The highest BCUT2D eigenvalue weighted by molar-refractivity contribution is 5.95. The Hall–Kier alpha value is -6.35. The first-order chi connectivity index (χ1) is 25.2. The van der Waals surface area contributed by atoms with E-state index in [-0.39, 0.29) is 5.82 Å². The van der Waals surface area contributed by atoms with Crippen LogP contribution in [0.3, 0.4) is 0 Å². The fraction of sp³-hybridized carbons (Fsp3) is 0.116. The summed E-state index contributed by atoms with van der Waals surface area (Å²) in [5.41, 5.74) is 9.98. The summed E-state index contributed by atoms with van der Waals surface area (Å²) in [5, 5.41) is 7.08. The number of benzene rings is 4. The number of rotatable bonds is 8. The van der Waals surface area contributed by atoms with Gasteiger partial charge in [0.15, 0.2) is 0 Å². The van der Waals surface area contributed by atoms with Crippen molar-refractivity contribution in [2.45, 2.75) is 34.1 Å². The number of nitrogens with zero attached hydrogens (tertiary/aromatic N) is 4. The molecule has 0 unspecified atom stereocenters. The van der Waals surface area contributed by atoms with E-state index >= 15 is 8.78 Å². The molecular weight excluding hydrogens is 658 g/mol. The molecule has 0 aliphatic carbocycles. The summed E-state index contributed by atoms with van der Waals surface area (Å²) in [6.07, 6.45) is 0.743. The van der Waals surface area contributed by atoms with Gasteiger partial charge in [-0.25, -0.2) is 23.1 Å². The second-order valence-corrected chi connectivity index (χ2v) is 13.0. The van der Waals surface area contributed by atoms with Crippen LogP contribution in [0.5, 0.6) is 0 Å². The molecule has 0 radical (unpaired) electrons. The standard InChI is InChI=1S/C43H35F3N6/c1-5-31-9-7-11-39-50-40(42(52(31)39)47-30-17-14-28(44)15-18-30)34-22-25(2)12-19-32(34)33-24-29(45)16-21-37(33)48-43-41(35-23-26(3)13-20-36(35)46)49-38-10-6-8-27(4)51(38)43/h6-24,47-48H,5H2,1-4H3. The van der Waals surface area contributed by atoms with Gasteiger partial charge in [0.05, 0.1) is 0 Å². The Morgan fingerprint density at radius 1 is 0.558 bits per heavy atom. The molecule has 4 aromatic carbocycles. The van der Waals surface area contributed by atoms with Gasteiger partial charge in [-0.05, 0) is 118 Å². The van der Waals surface area contributed by atoms with Crippen LogP contribution in [0.25, 0.3) is 44.9 Å². The molecular formula is C43H35F3N6. The molecule has 0 saturated carbocycles. The molecule has 0 bridgehead atoms. The highest BCUT2D eigenvalue weighted by Gasteiger charge is 2.24. The van der Waals surface area contributed by atoms with E-state index in [1.807, 2.05) is 79.8 Å². The number of hydrogen-bond acceptors (Lipinski definition) is 4. The third-order valence-electron chi connectivity index (χ3n) is 9.36. The fourth-order valence-electron chi connectivity index (χ4n) is 6.85. The summed E-state index contributed by atoms with van der Waals surface area (Å²) in [5.74, 6) is 0.109. The Balaban J connectivity index is 1.35. The first-order valence-electron chi connectivity index (χ1n) is 17.1. The lowest BCUT2D eigenvalue weighted by Gasteiger charge is -2.18. The van der Waals surface area contributed by atoms with Gasteiger partial charge < -0.3 is 10.6 Å². The van der Waals surface area contributed by atoms with Crippen molar-refractivity contribution in [2.75, 3.05) is 10.6 Å². The van der Waals surface area contributed by atoms with Crippen molar-refractivity contribution < 1.29 is 13.2 Å². The lowest BCUT2D eigenvalue weighted by molar-refractivity contribution is 0.628. The number of imidazole rings is 2. The van der Waals surface area contributed by atoms with Crippen LogP contribution < -0.4 is 10.6 Å². The molecule has 4 aromatic heterocycles. The summed E-state index contributed by atoms with van der Waals surface area (Å²) in [6, 6.07) is 33.5. The molecule has 2 N–H and O–H groups in total. The molecule has 52 heavy (non-hydrogen) atoms. The van der Waals surface area contributed by atoms with E-state index in [9.17, 15) is 4.39 Å². The van der Waals surface area contributed by atoms with Crippen LogP contribution in [0.4, 0.5) is 36.2 Å². The molecule has 0 atom stereocenters. The molecule has 9 heteroatoms. The van der Waals surface area contributed by atoms with E-state index in [1.54, 1.807) is 30.3 Å². The number of aromatic nitrogens is 4. The first kappa shape index (κ1) is 32.8. The molecule has 0 amide bonds. The highest BCUT2D eigenvalue weighted by Crippen LogP contribution is 2.43. The van der Waals surface area contributed by atoms with E-state index in [4.69, 9.17) is 9.97 Å². The van der Waals surface area contributed by atoms with Gasteiger partial charge in [0, 0.05) is 39.5 Å². The van der Waals surface area contributed by atoms with Crippen molar-refractivity contribution in [1.29, 1.82) is 0 Å². The number of aryl methyl sites for hydroxylation is 4. The topological polar surface area (TPSA) is 58.7 Å². The fourth-order valence-corrected chi connectivity index (χ4v) is 6.85. The Kier molecular flexibility index (Phi) is 8.26. The van der Waals surface area contributed by atoms with Gasteiger partial charge in [-0.2, -0.15) is 0 Å². The number of fused-ring (bicyclic) bond motifs is 2. The minimum atomic E-state index is -0.417. The third kappa shape index (κ3) is 5.84. The number of anilines is 4. The van der Waals surface area contributed by atoms with Crippen LogP contribution >= 0.6 is 0 Å². The molecule has 8 aromatic rings. The maximum Gasteiger partial charge on any atom is 0.143 e. The largest absolute Gasteiger partial charge is 0.339 e. The number of nitrogens with one attached hydrogen (secondary N) is 2. The molecule has 0 spiro atoms. The maximum absolute atomic E-state index is 15.5. The molecule has 0 fully saturated rings. The van der Waals surface area contributed by atoms with Crippen molar-refractivity contribution >= 4 is 34.3 Å². The van der Waals surface area contributed by atoms with Crippen molar-refractivity contribution in [2.24, 2.45) is 0 Å². The Morgan fingerprint density at radius 2 is 1.19 bits per heavy atom. The Bertz CT molecular complexity index is 2640. The second kappa shape index (κ2) is 13.1. The minimum absolute atomic E-state index is 0.334. The lowest BCUT2D eigenvalue weighted by atomic mass is 9.94. The van der Waals surface area contributed by atoms with Crippen LogP contribution in [0, 0.1) is 38.2 Å². The summed E-state index contributed by atoms with van der Waals surface area (Å²) in [7, 11) is 0. The monoisotopic (exact) mass is 692 g/mol. The van der Waals surface area contributed by atoms with Crippen LogP contribution in [0.15, 0.2) is 115 Å². The minimum Gasteiger partial charge on any atom is -0.339 e. The SMILES string of the molecule is CCc1cccc2nc(-c3cc(C)ccc3-c3cc(F)ccc3Nc3c(-c4cc(C)ccc4F)nc4cccc(C)n34)c(Nc3ccc(F)cc3)n12. The third-order valence-corrected chi connectivity index (χ3v) is 9.36. The van der Waals surface area contributed by atoms with Crippen molar-refractivity contribution in [3.8, 4) is 33.6 Å². The average molecular weight is 693 g/mol. The Labute approximate surface area is 299 Å². The van der Waals surface area contributed by atoms with Gasteiger partial charge in [0.25, 0.3) is 0 Å². The Morgan fingerprint density at radius 3 is 1.94 bits per heavy atom. The zero-order valence-corrected chi connectivity index (χ0v) is 29.1. The molecule has 258 valence electrons. The second-order valence-electron chi connectivity index (χ2n) is 13.0. The number of pyridine rings is 2. The van der Waals surface area contributed by atoms with Crippen LogP contribution in [0.2, 0.25) is 0 Å². The first-order valence-corrected chi connectivity index (χ1v) is 17.1. The smallest absolute Gasteiger partial charge is 0.143 e. The zero-order chi connectivity index (χ0) is 36.1. The van der Waals surface area contributed by atoms with Gasteiger partial charge >= 0.3 is 0 Å². The molecule has 0 aliphatic rings. The summed E-state index contributed by atoms with van der Waals surface area (Å²) in [6.45, 7) is 7.96. The normalized spacial score (nSPS) is 11.4. The zero-order valence-electron chi connectivity index (χ0n) is 29.1. The molecule has 6 nitrogen and oxygen atoms in total. The molecule has 0 aliphatic heterocycles.